The topological polar surface area (TPSA) is 52.6 Å². The minimum atomic E-state index is 0. The van der Waals surface area contributed by atoms with Crippen molar-refractivity contribution >= 4 is 41.5 Å². The average Bonchev–Trinajstić information content (AvgIpc) is 2.90. The van der Waals surface area contributed by atoms with Crippen molar-refractivity contribution in [2.75, 3.05) is 33.7 Å². The lowest BCUT2D eigenvalue weighted by molar-refractivity contribution is 0.309. The molecule has 1 aliphatic rings. The van der Waals surface area contributed by atoms with Gasteiger partial charge in [-0.25, -0.2) is 4.98 Å². The Bertz CT molecular complexity index is 466. The van der Waals surface area contributed by atoms with Crippen molar-refractivity contribution in [1.29, 1.82) is 0 Å². The molecular weight excluding hydrogens is 413 g/mol. The second-order valence-corrected chi connectivity index (χ2v) is 5.78. The first-order chi connectivity index (χ1) is 10.2. The summed E-state index contributed by atoms with van der Waals surface area (Å²) in [6, 6.07) is 4.43. The predicted molar refractivity (Wildman–Crippen MR) is 103 cm³/mol. The molecule has 2 heterocycles. The number of aliphatic imine (C=N–C) groups is 1. The number of nitrogens with one attached hydrogen (secondary N) is 2. The first kappa shape index (κ1) is 19.4. The van der Waals surface area contributed by atoms with Gasteiger partial charge in [-0.3, -0.25) is 4.99 Å². The van der Waals surface area contributed by atoms with Crippen molar-refractivity contribution in [3.8, 4) is 0 Å². The molecule has 22 heavy (non-hydrogen) atoms. The van der Waals surface area contributed by atoms with Gasteiger partial charge in [0.05, 0.1) is 0 Å². The summed E-state index contributed by atoms with van der Waals surface area (Å²) in [5.41, 5.74) is 1.16. The zero-order valence-corrected chi connectivity index (χ0v) is 16.3. The molecule has 1 saturated heterocycles. The molecule has 1 aliphatic heterocycles. The van der Waals surface area contributed by atoms with E-state index in [1.54, 1.807) is 7.05 Å². The highest BCUT2D eigenvalue weighted by molar-refractivity contribution is 14.0. The van der Waals surface area contributed by atoms with Gasteiger partial charge < -0.3 is 15.5 Å². The molecular formula is C15H25ClIN5. The molecule has 0 radical (unpaired) electrons. The van der Waals surface area contributed by atoms with Crippen molar-refractivity contribution in [3.63, 3.8) is 0 Å². The quantitative estimate of drug-likeness (QED) is 0.321. The van der Waals surface area contributed by atoms with E-state index in [0.29, 0.717) is 11.2 Å². The van der Waals surface area contributed by atoms with E-state index in [1.807, 2.05) is 18.3 Å². The number of pyridine rings is 1. The summed E-state index contributed by atoms with van der Waals surface area (Å²) in [5, 5.41) is 7.26. The molecule has 0 bridgehead atoms. The maximum atomic E-state index is 5.77. The molecule has 1 unspecified atom stereocenters. The number of rotatable bonds is 5. The Kier molecular flexibility index (Phi) is 9.04. The minimum Gasteiger partial charge on any atom is -0.356 e. The molecule has 2 N–H and O–H groups in total. The molecule has 0 saturated carbocycles. The number of hydrogen-bond donors (Lipinski definition) is 2. The molecule has 0 aliphatic carbocycles. The third kappa shape index (κ3) is 6.26. The number of hydrogen-bond acceptors (Lipinski definition) is 3. The van der Waals surface area contributed by atoms with E-state index in [9.17, 15) is 0 Å². The van der Waals surface area contributed by atoms with Gasteiger partial charge in [-0.05, 0) is 44.5 Å². The van der Waals surface area contributed by atoms with E-state index in [2.05, 4.69) is 32.6 Å². The molecule has 1 fully saturated rings. The maximum absolute atomic E-state index is 5.77. The van der Waals surface area contributed by atoms with Crippen LogP contribution in [0.4, 0.5) is 0 Å². The molecule has 124 valence electrons. The highest BCUT2D eigenvalue weighted by Crippen LogP contribution is 2.13. The number of likely N-dealkylation sites (tertiary alicyclic amines) is 1. The first-order valence-electron chi connectivity index (χ1n) is 7.44. The second-order valence-electron chi connectivity index (χ2n) is 5.40. The monoisotopic (exact) mass is 437 g/mol. The SMILES string of the molecule is CN=C(NCCc1ccc(Cl)nc1)NCC1CCCN1C.I. The zero-order chi connectivity index (χ0) is 15.1. The summed E-state index contributed by atoms with van der Waals surface area (Å²) in [4.78, 5) is 10.7. The zero-order valence-electron chi connectivity index (χ0n) is 13.2. The van der Waals surface area contributed by atoms with Crippen LogP contribution < -0.4 is 10.6 Å². The third-order valence-electron chi connectivity index (χ3n) is 3.90. The summed E-state index contributed by atoms with van der Waals surface area (Å²) in [7, 11) is 3.99. The van der Waals surface area contributed by atoms with Crippen molar-refractivity contribution in [1.82, 2.24) is 20.5 Å². The Balaban J connectivity index is 0.00000242. The molecule has 1 aromatic rings. The van der Waals surface area contributed by atoms with Crippen LogP contribution in [0.2, 0.25) is 5.15 Å². The maximum Gasteiger partial charge on any atom is 0.191 e. The molecule has 5 nitrogen and oxygen atoms in total. The lowest BCUT2D eigenvalue weighted by Crippen LogP contribution is -2.44. The van der Waals surface area contributed by atoms with Crippen LogP contribution in [0.5, 0.6) is 0 Å². The van der Waals surface area contributed by atoms with Crippen LogP contribution in [-0.2, 0) is 6.42 Å². The van der Waals surface area contributed by atoms with Gasteiger partial charge >= 0.3 is 0 Å². The molecule has 7 heteroatoms. The standard InChI is InChI=1S/C15H24ClN5.HI/c1-17-15(20-11-13-4-3-9-21(13)2)18-8-7-12-5-6-14(16)19-10-12;/h5-6,10,13H,3-4,7-9,11H2,1-2H3,(H2,17,18,20);1H. The number of nitrogens with zero attached hydrogens (tertiary/aromatic N) is 3. The summed E-state index contributed by atoms with van der Waals surface area (Å²) >= 11 is 5.77. The van der Waals surface area contributed by atoms with Gasteiger partial charge in [0, 0.05) is 32.4 Å². The normalized spacial score (nSPS) is 18.9. The molecule has 1 atom stereocenters. The Hall–Kier alpha value is -0.600. The van der Waals surface area contributed by atoms with Gasteiger partial charge in [0.1, 0.15) is 5.15 Å². The number of aromatic nitrogens is 1. The summed E-state index contributed by atoms with van der Waals surface area (Å²) in [5.74, 6) is 0.859. The lowest BCUT2D eigenvalue weighted by atomic mass is 10.2. The van der Waals surface area contributed by atoms with E-state index >= 15 is 0 Å². The van der Waals surface area contributed by atoms with Crippen molar-refractivity contribution < 1.29 is 0 Å². The third-order valence-corrected chi connectivity index (χ3v) is 4.12. The van der Waals surface area contributed by atoms with E-state index < -0.39 is 0 Å². The Morgan fingerprint density at radius 1 is 1.45 bits per heavy atom. The van der Waals surface area contributed by atoms with Crippen LogP contribution in [0.1, 0.15) is 18.4 Å². The highest BCUT2D eigenvalue weighted by atomic mass is 127. The number of halogens is 2. The van der Waals surface area contributed by atoms with Crippen LogP contribution in [0.15, 0.2) is 23.3 Å². The van der Waals surface area contributed by atoms with Gasteiger partial charge in [0.15, 0.2) is 5.96 Å². The van der Waals surface area contributed by atoms with Crippen molar-refractivity contribution in [2.24, 2.45) is 4.99 Å². The summed E-state index contributed by atoms with van der Waals surface area (Å²) in [6.07, 6.45) is 5.26. The summed E-state index contributed by atoms with van der Waals surface area (Å²) in [6.45, 7) is 2.96. The highest BCUT2D eigenvalue weighted by Gasteiger charge is 2.20. The molecule has 0 amide bonds. The van der Waals surface area contributed by atoms with Gasteiger partial charge in [-0.2, -0.15) is 0 Å². The molecule has 1 aromatic heterocycles. The Morgan fingerprint density at radius 3 is 2.86 bits per heavy atom. The van der Waals surface area contributed by atoms with Crippen LogP contribution in [0.3, 0.4) is 0 Å². The van der Waals surface area contributed by atoms with E-state index in [-0.39, 0.29) is 24.0 Å². The average molecular weight is 438 g/mol. The van der Waals surface area contributed by atoms with Crippen molar-refractivity contribution in [3.05, 3.63) is 29.0 Å². The van der Waals surface area contributed by atoms with Gasteiger partial charge in [0.2, 0.25) is 0 Å². The fourth-order valence-electron chi connectivity index (χ4n) is 2.55. The van der Waals surface area contributed by atoms with Gasteiger partial charge in [-0.15, -0.1) is 24.0 Å². The molecule has 0 spiro atoms. The first-order valence-corrected chi connectivity index (χ1v) is 7.82. The van der Waals surface area contributed by atoms with Crippen LogP contribution >= 0.6 is 35.6 Å². The largest absolute Gasteiger partial charge is 0.356 e. The van der Waals surface area contributed by atoms with Gasteiger partial charge in [0.25, 0.3) is 0 Å². The van der Waals surface area contributed by atoms with E-state index in [4.69, 9.17) is 11.6 Å². The predicted octanol–water partition coefficient (Wildman–Crippen LogP) is 2.15. The number of likely N-dealkylation sites (N-methyl/N-ethyl adjacent to an activating group) is 1. The van der Waals surface area contributed by atoms with Crippen LogP contribution in [0.25, 0.3) is 0 Å². The van der Waals surface area contributed by atoms with Gasteiger partial charge in [-0.1, -0.05) is 17.7 Å². The summed E-state index contributed by atoms with van der Waals surface area (Å²) < 4.78 is 0. The second kappa shape index (κ2) is 10.2. The fraction of sp³-hybridized carbons (Fsp3) is 0.600. The minimum absolute atomic E-state index is 0. The number of guanidine groups is 1. The van der Waals surface area contributed by atoms with E-state index in [0.717, 1.165) is 31.0 Å². The molecule has 0 aromatic carbocycles. The van der Waals surface area contributed by atoms with Crippen LogP contribution in [-0.4, -0.2) is 55.6 Å². The Morgan fingerprint density at radius 2 is 2.27 bits per heavy atom. The lowest BCUT2D eigenvalue weighted by Gasteiger charge is -2.21. The Labute approximate surface area is 154 Å². The fourth-order valence-corrected chi connectivity index (χ4v) is 2.66. The van der Waals surface area contributed by atoms with E-state index in [1.165, 1.54) is 19.4 Å². The molecule has 2 rings (SSSR count). The van der Waals surface area contributed by atoms with Crippen LogP contribution in [0, 0.1) is 0 Å². The van der Waals surface area contributed by atoms with Crippen molar-refractivity contribution in [2.45, 2.75) is 25.3 Å². The smallest absolute Gasteiger partial charge is 0.191 e.